The Morgan fingerprint density at radius 1 is 1.60 bits per heavy atom. The summed E-state index contributed by atoms with van der Waals surface area (Å²) >= 11 is 0.881. The minimum Gasteiger partial charge on any atom is -0.280 e. The summed E-state index contributed by atoms with van der Waals surface area (Å²) in [6.07, 6.45) is 1.31. The molecule has 0 atom stereocenters. The second kappa shape index (κ2) is 3.51. The molecular formula is C3H3LiNO3S2. The summed E-state index contributed by atoms with van der Waals surface area (Å²) in [7, 11) is -4.05. The fourth-order valence-corrected chi connectivity index (χ4v) is 1.54. The Kier molecular flexibility index (Phi) is 3.55. The minimum absolute atomic E-state index is 0. The van der Waals surface area contributed by atoms with E-state index in [0.717, 1.165) is 11.3 Å². The Hall–Kier alpha value is 0.137. The smallest absolute Gasteiger partial charge is 0.280 e. The second-order valence-electron chi connectivity index (χ2n) is 1.27. The number of rotatable bonds is 1. The number of aromatic nitrogens is 1. The molecule has 0 aliphatic rings. The maximum atomic E-state index is 10.2. The van der Waals surface area contributed by atoms with Gasteiger partial charge in [-0.15, -0.1) is 11.3 Å². The van der Waals surface area contributed by atoms with Crippen LogP contribution in [0.1, 0.15) is 0 Å². The topological polar surface area (TPSA) is 67.3 Å². The summed E-state index contributed by atoms with van der Waals surface area (Å²) in [5.41, 5.74) is 0. The molecule has 1 aromatic rings. The summed E-state index contributed by atoms with van der Waals surface area (Å²) in [4.78, 5) is 3.37. The van der Waals surface area contributed by atoms with Gasteiger partial charge in [0.15, 0.2) is 0 Å². The molecule has 51 valence electrons. The zero-order valence-corrected chi connectivity index (χ0v) is 6.82. The average Bonchev–Trinajstić information content (AvgIpc) is 2.08. The van der Waals surface area contributed by atoms with Crippen LogP contribution in [0, 0.1) is 0 Å². The minimum atomic E-state index is -4.05. The number of nitrogens with zero attached hydrogens (tertiary/aromatic N) is 1. The van der Waals surface area contributed by atoms with Crippen molar-refractivity contribution in [2.45, 2.75) is 4.34 Å². The van der Waals surface area contributed by atoms with Gasteiger partial charge in [0.05, 0.1) is 0 Å². The fourth-order valence-electron chi connectivity index (χ4n) is 0.338. The second-order valence-corrected chi connectivity index (χ2v) is 3.76. The summed E-state index contributed by atoms with van der Waals surface area (Å²) in [5.74, 6) is 0. The van der Waals surface area contributed by atoms with Gasteiger partial charge in [-0.3, -0.25) is 4.55 Å². The van der Waals surface area contributed by atoms with Crippen LogP contribution in [0.4, 0.5) is 0 Å². The van der Waals surface area contributed by atoms with Crippen LogP contribution < -0.4 is 0 Å². The molecule has 7 heteroatoms. The van der Waals surface area contributed by atoms with Crippen LogP contribution >= 0.6 is 11.3 Å². The number of hydrogen-bond donors (Lipinski definition) is 1. The molecule has 0 spiro atoms. The third-order valence-corrected chi connectivity index (χ3v) is 2.66. The van der Waals surface area contributed by atoms with Crippen LogP contribution in [0.15, 0.2) is 15.9 Å². The molecule has 1 radical (unpaired) electrons. The Balaban J connectivity index is 0.000000810. The van der Waals surface area contributed by atoms with Crippen molar-refractivity contribution in [1.29, 1.82) is 0 Å². The van der Waals surface area contributed by atoms with E-state index in [1.807, 2.05) is 0 Å². The third-order valence-electron chi connectivity index (χ3n) is 0.630. The van der Waals surface area contributed by atoms with E-state index < -0.39 is 10.1 Å². The molecule has 0 saturated heterocycles. The molecule has 0 amide bonds. The van der Waals surface area contributed by atoms with Gasteiger partial charge in [-0.25, -0.2) is 4.98 Å². The maximum absolute atomic E-state index is 10.2. The average molecular weight is 172 g/mol. The van der Waals surface area contributed by atoms with Gasteiger partial charge >= 0.3 is 10.1 Å². The van der Waals surface area contributed by atoms with E-state index >= 15 is 0 Å². The van der Waals surface area contributed by atoms with E-state index in [0.29, 0.717) is 0 Å². The van der Waals surface area contributed by atoms with Gasteiger partial charge in [-0.05, 0) is 0 Å². The molecule has 0 bridgehead atoms. The molecule has 1 rings (SSSR count). The van der Waals surface area contributed by atoms with Gasteiger partial charge in [0, 0.05) is 30.4 Å². The molecule has 0 unspecified atom stereocenters. The third kappa shape index (κ3) is 2.40. The number of hydrogen-bond acceptors (Lipinski definition) is 4. The standard InChI is InChI=1S/C3H3NO3S2.Li/c5-9(6,7)3-4-1-2-8-3;/h1-2H,(H,5,6,7);. The van der Waals surface area contributed by atoms with Gasteiger partial charge < -0.3 is 0 Å². The van der Waals surface area contributed by atoms with E-state index in [9.17, 15) is 8.42 Å². The van der Waals surface area contributed by atoms with Crippen LogP contribution in [-0.2, 0) is 10.1 Å². The van der Waals surface area contributed by atoms with Crippen molar-refractivity contribution < 1.29 is 13.0 Å². The molecule has 0 aliphatic carbocycles. The van der Waals surface area contributed by atoms with E-state index in [4.69, 9.17) is 4.55 Å². The van der Waals surface area contributed by atoms with E-state index in [1.54, 1.807) is 0 Å². The molecule has 4 nitrogen and oxygen atoms in total. The molecule has 0 aromatic carbocycles. The van der Waals surface area contributed by atoms with E-state index in [2.05, 4.69) is 4.98 Å². The summed E-state index contributed by atoms with van der Waals surface area (Å²) in [6.45, 7) is 0. The quantitative estimate of drug-likeness (QED) is 0.478. The van der Waals surface area contributed by atoms with Gasteiger partial charge in [0.2, 0.25) is 4.34 Å². The Labute approximate surface area is 74.2 Å². The van der Waals surface area contributed by atoms with Crippen LogP contribution in [0.25, 0.3) is 0 Å². The van der Waals surface area contributed by atoms with Crippen LogP contribution in [0.3, 0.4) is 0 Å². The molecule has 0 saturated carbocycles. The van der Waals surface area contributed by atoms with Crippen molar-refractivity contribution in [3.63, 3.8) is 0 Å². The SMILES string of the molecule is O=S(=O)(O)c1nccs1.[Li]. The molecular weight excluding hydrogens is 169 g/mol. The molecule has 10 heavy (non-hydrogen) atoms. The fraction of sp³-hybridized carbons (Fsp3) is 0. The molecule has 1 N–H and O–H groups in total. The van der Waals surface area contributed by atoms with E-state index in [1.165, 1.54) is 11.6 Å². The van der Waals surface area contributed by atoms with Crippen molar-refractivity contribution >= 4 is 40.3 Å². The van der Waals surface area contributed by atoms with Crippen molar-refractivity contribution in [1.82, 2.24) is 4.98 Å². The monoisotopic (exact) mass is 172 g/mol. The molecule has 1 aromatic heterocycles. The predicted molar refractivity (Wildman–Crippen MR) is 37.7 cm³/mol. The zero-order chi connectivity index (χ0) is 6.91. The van der Waals surface area contributed by atoms with Gasteiger partial charge in [-0.2, -0.15) is 8.42 Å². The molecule has 0 aliphatic heterocycles. The maximum Gasteiger partial charge on any atom is 0.322 e. The normalized spacial score (nSPS) is 10.5. The number of thiazole rings is 1. The molecule has 0 fully saturated rings. The summed E-state index contributed by atoms with van der Waals surface area (Å²) in [5, 5.41) is 1.48. The van der Waals surface area contributed by atoms with Crippen molar-refractivity contribution in [3.05, 3.63) is 11.6 Å². The first kappa shape index (κ1) is 10.1. The predicted octanol–water partition coefficient (Wildman–Crippen LogP) is 0.00900. The van der Waals surface area contributed by atoms with Gasteiger partial charge in [-0.1, -0.05) is 0 Å². The summed E-state index contributed by atoms with van der Waals surface area (Å²) in [6, 6.07) is 0. The first-order chi connectivity index (χ1) is 4.11. The first-order valence-electron chi connectivity index (χ1n) is 1.97. The van der Waals surface area contributed by atoms with Crippen LogP contribution in [0.2, 0.25) is 0 Å². The Morgan fingerprint density at radius 3 is 2.40 bits per heavy atom. The zero-order valence-electron chi connectivity index (χ0n) is 5.18. The first-order valence-corrected chi connectivity index (χ1v) is 4.29. The van der Waals surface area contributed by atoms with Crippen LogP contribution in [-0.4, -0.2) is 36.8 Å². The largest absolute Gasteiger partial charge is 0.322 e. The summed E-state index contributed by atoms with van der Waals surface area (Å²) < 4.78 is 28.4. The van der Waals surface area contributed by atoms with Crippen LogP contribution in [0.5, 0.6) is 0 Å². The van der Waals surface area contributed by atoms with Gasteiger partial charge in [0.1, 0.15) is 0 Å². The molecule has 1 heterocycles. The van der Waals surface area contributed by atoms with Crippen molar-refractivity contribution in [3.8, 4) is 0 Å². The Morgan fingerprint density at radius 2 is 2.20 bits per heavy atom. The van der Waals surface area contributed by atoms with Crippen molar-refractivity contribution in [2.24, 2.45) is 0 Å². The Bertz CT molecular complexity index is 279. The van der Waals surface area contributed by atoms with E-state index in [-0.39, 0.29) is 23.2 Å². The van der Waals surface area contributed by atoms with Crippen molar-refractivity contribution in [2.75, 3.05) is 0 Å². The van der Waals surface area contributed by atoms with Gasteiger partial charge in [0.25, 0.3) is 0 Å².